The van der Waals surface area contributed by atoms with E-state index in [2.05, 4.69) is 0 Å². The number of carbonyl (C=O) groups is 2. The van der Waals surface area contributed by atoms with Gasteiger partial charge in [-0.3, -0.25) is 9.59 Å². The Labute approximate surface area is 235 Å². The van der Waals surface area contributed by atoms with Crippen molar-refractivity contribution in [2.24, 2.45) is 16.7 Å². The van der Waals surface area contributed by atoms with Crippen molar-refractivity contribution >= 4 is 33.1 Å². The molecule has 0 saturated heterocycles. The van der Waals surface area contributed by atoms with Crippen LogP contribution in [0.4, 0.5) is 4.39 Å². The van der Waals surface area contributed by atoms with Gasteiger partial charge in [-0.15, -0.1) is 11.3 Å². The average Bonchev–Trinajstić information content (AvgIpc) is 3.54. The molecule has 212 valence electrons. The zero-order valence-corrected chi connectivity index (χ0v) is 24.5. The molecule has 2 bridgehead atoms. The number of Topliss-reactive ketones (excluding diaryl/α,β-unsaturated/α-hetero) is 1. The van der Waals surface area contributed by atoms with Gasteiger partial charge >= 0.3 is 0 Å². The molecule has 6 nitrogen and oxygen atoms in total. The monoisotopic (exact) mass is 574 g/mol. The van der Waals surface area contributed by atoms with Crippen LogP contribution in [0.3, 0.4) is 0 Å². The number of fused-ring (bicyclic) bond motifs is 2. The molecule has 5 rings (SSSR count). The molecule has 3 aliphatic carbocycles. The second-order valence-corrected chi connectivity index (χ2v) is 15.2. The summed E-state index contributed by atoms with van der Waals surface area (Å²) >= 11 is 1.54. The van der Waals surface area contributed by atoms with E-state index < -0.39 is 15.4 Å². The Hall–Kier alpha value is -2.10. The largest absolute Gasteiger partial charge is 0.332 e. The van der Waals surface area contributed by atoms with Crippen molar-refractivity contribution in [2.45, 2.75) is 84.3 Å². The summed E-state index contributed by atoms with van der Waals surface area (Å²) in [6.07, 6.45) is 6.30. The van der Waals surface area contributed by atoms with E-state index >= 15 is 0 Å². The highest BCUT2D eigenvalue weighted by Crippen LogP contribution is 2.64. The van der Waals surface area contributed by atoms with E-state index in [1.165, 1.54) is 27.8 Å². The molecule has 3 fully saturated rings. The quantitative estimate of drug-likeness (QED) is 0.361. The summed E-state index contributed by atoms with van der Waals surface area (Å²) in [5.41, 5.74) is -0.465. The van der Waals surface area contributed by atoms with Gasteiger partial charge in [-0.05, 0) is 66.2 Å². The minimum Gasteiger partial charge on any atom is -0.332 e. The molecule has 3 saturated carbocycles. The predicted molar refractivity (Wildman–Crippen MR) is 151 cm³/mol. The number of sulfonamides is 1. The minimum atomic E-state index is -3.90. The lowest BCUT2D eigenvalue weighted by Crippen LogP contribution is -2.52. The van der Waals surface area contributed by atoms with Crippen LogP contribution >= 0.6 is 11.3 Å². The van der Waals surface area contributed by atoms with Crippen molar-refractivity contribution in [1.29, 1.82) is 0 Å². The first-order chi connectivity index (χ1) is 18.5. The van der Waals surface area contributed by atoms with Gasteiger partial charge in [0.2, 0.25) is 15.9 Å². The Bertz CT molecular complexity index is 1290. The summed E-state index contributed by atoms with van der Waals surface area (Å²) < 4.78 is 43.5. The van der Waals surface area contributed by atoms with E-state index in [1.807, 2.05) is 31.4 Å². The molecule has 2 unspecified atom stereocenters. The molecular weight excluding hydrogens is 535 g/mol. The van der Waals surface area contributed by atoms with E-state index in [9.17, 15) is 22.4 Å². The maximum Gasteiger partial charge on any atom is 0.238 e. The van der Waals surface area contributed by atoms with E-state index in [4.69, 9.17) is 0 Å². The summed E-state index contributed by atoms with van der Waals surface area (Å²) in [5.74, 6) is -0.544. The summed E-state index contributed by atoms with van der Waals surface area (Å²) in [6, 6.07) is 9.69. The number of hydrogen-bond donors (Lipinski definition) is 0. The fourth-order valence-corrected chi connectivity index (χ4v) is 10.4. The summed E-state index contributed by atoms with van der Waals surface area (Å²) in [5, 5.41) is 1.95. The fraction of sp³-hybridized carbons (Fsp3) is 0.600. The SMILES string of the molecule is CC1(C)C2CCC1(CS(=O)(=O)N(CC(=O)N(Cc1ccc(F)cc1)Cc1cccs1)C1CCCCC1)C(=O)C2. The van der Waals surface area contributed by atoms with Crippen LogP contribution in [-0.2, 0) is 32.7 Å². The topological polar surface area (TPSA) is 74.8 Å². The van der Waals surface area contributed by atoms with Crippen LogP contribution in [0.25, 0.3) is 0 Å². The van der Waals surface area contributed by atoms with Crippen LogP contribution in [-0.4, -0.2) is 47.7 Å². The first-order valence-corrected chi connectivity index (χ1v) is 16.6. The van der Waals surface area contributed by atoms with Crippen molar-refractivity contribution in [1.82, 2.24) is 9.21 Å². The highest BCUT2D eigenvalue weighted by molar-refractivity contribution is 7.89. The molecule has 1 amide bonds. The molecule has 0 spiro atoms. The highest BCUT2D eigenvalue weighted by Gasteiger charge is 2.65. The summed E-state index contributed by atoms with van der Waals surface area (Å²) in [6.45, 7) is 4.46. The first-order valence-electron chi connectivity index (χ1n) is 14.1. The Morgan fingerprint density at radius 2 is 1.77 bits per heavy atom. The minimum absolute atomic E-state index is 0.0675. The maximum atomic E-state index is 14.2. The number of thiophene rings is 1. The van der Waals surface area contributed by atoms with Gasteiger partial charge in [-0.2, -0.15) is 4.31 Å². The number of nitrogens with zero attached hydrogens (tertiary/aromatic N) is 2. The normalized spacial score (nSPS) is 24.9. The zero-order valence-electron chi connectivity index (χ0n) is 22.9. The Kier molecular flexibility index (Phi) is 8.06. The number of halogens is 1. The third-order valence-electron chi connectivity index (χ3n) is 9.76. The number of rotatable bonds is 10. The predicted octanol–water partition coefficient (Wildman–Crippen LogP) is 5.78. The second-order valence-electron chi connectivity index (χ2n) is 12.2. The van der Waals surface area contributed by atoms with Gasteiger partial charge in [-0.25, -0.2) is 12.8 Å². The smallest absolute Gasteiger partial charge is 0.238 e. The fourth-order valence-electron chi connectivity index (χ4n) is 7.19. The van der Waals surface area contributed by atoms with Crippen molar-refractivity contribution < 1.29 is 22.4 Å². The van der Waals surface area contributed by atoms with E-state index in [1.54, 1.807) is 17.0 Å². The Morgan fingerprint density at radius 1 is 1.05 bits per heavy atom. The molecule has 2 aromatic rings. The zero-order chi connectivity index (χ0) is 27.8. The van der Waals surface area contributed by atoms with Crippen LogP contribution in [0.1, 0.15) is 75.7 Å². The standard InChI is InChI=1S/C30H39FN2O4S2/c1-29(2)23-14-15-30(29,27(34)17-23)21-39(36,37)33(25-7-4-3-5-8-25)20-28(35)32(19-26-9-6-16-38-26)18-22-10-12-24(31)13-11-22/h6,9-13,16,23,25H,3-5,7-8,14-15,17-21H2,1-2H3. The van der Waals surface area contributed by atoms with Gasteiger partial charge in [0.15, 0.2) is 0 Å². The molecular formula is C30H39FN2O4S2. The summed E-state index contributed by atoms with van der Waals surface area (Å²) in [4.78, 5) is 29.8. The molecule has 0 N–H and O–H groups in total. The lowest BCUT2D eigenvalue weighted by Gasteiger charge is -2.40. The van der Waals surface area contributed by atoms with Crippen LogP contribution in [0.5, 0.6) is 0 Å². The number of hydrogen-bond acceptors (Lipinski definition) is 5. The van der Waals surface area contributed by atoms with Crippen LogP contribution in [0, 0.1) is 22.6 Å². The number of amides is 1. The number of carbonyl (C=O) groups excluding carboxylic acids is 2. The molecule has 0 aliphatic heterocycles. The lowest BCUT2D eigenvalue weighted by atomic mass is 9.70. The van der Waals surface area contributed by atoms with Crippen molar-refractivity contribution in [3.8, 4) is 0 Å². The van der Waals surface area contributed by atoms with Gasteiger partial charge < -0.3 is 4.90 Å². The van der Waals surface area contributed by atoms with Crippen molar-refractivity contribution in [2.75, 3.05) is 12.3 Å². The van der Waals surface area contributed by atoms with Gasteiger partial charge in [0.05, 0.1) is 18.8 Å². The van der Waals surface area contributed by atoms with Crippen LogP contribution in [0.15, 0.2) is 41.8 Å². The van der Waals surface area contributed by atoms with Gasteiger partial charge in [0.25, 0.3) is 0 Å². The average molecular weight is 575 g/mol. The Balaban J connectivity index is 1.42. The molecule has 1 aromatic heterocycles. The number of benzene rings is 1. The van der Waals surface area contributed by atoms with Gasteiger partial charge in [-0.1, -0.05) is 51.3 Å². The maximum absolute atomic E-state index is 14.2. The van der Waals surface area contributed by atoms with Crippen molar-refractivity contribution in [3.63, 3.8) is 0 Å². The third-order valence-corrected chi connectivity index (χ3v) is 12.6. The highest BCUT2D eigenvalue weighted by atomic mass is 32.2. The van der Waals surface area contributed by atoms with Crippen LogP contribution < -0.4 is 0 Å². The van der Waals surface area contributed by atoms with E-state index in [-0.39, 0.29) is 53.7 Å². The molecule has 2 atom stereocenters. The summed E-state index contributed by atoms with van der Waals surface area (Å²) in [7, 11) is -3.90. The molecule has 0 radical (unpaired) electrons. The van der Waals surface area contributed by atoms with E-state index in [0.717, 1.165) is 49.0 Å². The molecule has 9 heteroatoms. The molecule has 1 aromatic carbocycles. The van der Waals surface area contributed by atoms with Gasteiger partial charge in [0, 0.05) is 29.3 Å². The Morgan fingerprint density at radius 3 is 2.36 bits per heavy atom. The van der Waals surface area contributed by atoms with Crippen molar-refractivity contribution in [3.05, 3.63) is 58.0 Å². The molecule has 39 heavy (non-hydrogen) atoms. The molecule has 1 heterocycles. The van der Waals surface area contributed by atoms with Gasteiger partial charge in [0.1, 0.15) is 11.6 Å². The number of ketones is 1. The van der Waals surface area contributed by atoms with Crippen LogP contribution in [0.2, 0.25) is 0 Å². The lowest BCUT2D eigenvalue weighted by molar-refractivity contribution is -0.133. The first kappa shape index (κ1) is 28.4. The van der Waals surface area contributed by atoms with E-state index in [0.29, 0.717) is 19.4 Å². The third kappa shape index (κ3) is 5.59. The molecule has 3 aliphatic rings. The second kappa shape index (κ2) is 11.1.